The number of anilines is 1. The molecule has 8 nitrogen and oxygen atoms in total. The van der Waals surface area contributed by atoms with Crippen LogP contribution < -0.4 is 5.32 Å². The van der Waals surface area contributed by atoms with Gasteiger partial charge in [0, 0.05) is 18.4 Å². The van der Waals surface area contributed by atoms with Crippen molar-refractivity contribution in [3.63, 3.8) is 0 Å². The number of rotatable bonds is 9. The molecular weight excluding hydrogens is 330 g/mol. The zero-order valence-electron chi connectivity index (χ0n) is 13.9. The summed E-state index contributed by atoms with van der Waals surface area (Å²) < 4.78 is 5.83. The van der Waals surface area contributed by atoms with Gasteiger partial charge in [0.25, 0.3) is 0 Å². The minimum Gasteiger partial charge on any atom is -0.464 e. The lowest BCUT2D eigenvalue weighted by atomic mass is 10.2. The fraction of sp³-hybridized carbons (Fsp3) is 0.467. The van der Waals surface area contributed by atoms with E-state index in [0.717, 1.165) is 23.0 Å². The van der Waals surface area contributed by atoms with Gasteiger partial charge < -0.3 is 9.73 Å². The van der Waals surface area contributed by atoms with E-state index in [2.05, 4.69) is 27.3 Å². The molecule has 2 aromatic heterocycles. The summed E-state index contributed by atoms with van der Waals surface area (Å²) in [6.07, 6.45) is 1.31. The van der Waals surface area contributed by atoms with Crippen LogP contribution in [0.4, 0.5) is 11.5 Å². The highest BCUT2D eigenvalue weighted by Crippen LogP contribution is 2.23. The van der Waals surface area contributed by atoms with E-state index >= 15 is 0 Å². The first-order valence-electron chi connectivity index (χ1n) is 7.51. The second kappa shape index (κ2) is 8.65. The molecule has 0 saturated heterocycles. The van der Waals surface area contributed by atoms with Crippen molar-refractivity contribution in [3.05, 3.63) is 46.0 Å². The van der Waals surface area contributed by atoms with Crippen molar-refractivity contribution in [1.29, 1.82) is 0 Å². The molecule has 130 valence electrons. The first-order chi connectivity index (χ1) is 11.5. The fourth-order valence-electron chi connectivity index (χ4n) is 1.96. The molecule has 0 saturated carbocycles. The Bertz CT molecular complexity index is 677. The van der Waals surface area contributed by atoms with Gasteiger partial charge in [0.05, 0.1) is 22.9 Å². The summed E-state index contributed by atoms with van der Waals surface area (Å²) in [5.74, 6) is 3.60. The Labute approximate surface area is 144 Å². The number of hydrogen-bond acceptors (Lipinski definition) is 8. The molecule has 2 rings (SSSR count). The van der Waals surface area contributed by atoms with E-state index in [9.17, 15) is 10.1 Å². The molecule has 1 unspecified atom stereocenters. The molecule has 2 heterocycles. The molecule has 0 aliphatic carbocycles. The second-order valence-corrected chi connectivity index (χ2v) is 6.55. The van der Waals surface area contributed by atoms with Crippen molar-refractivity contribution in [3.8, 4) is 0 Å². The van der Waals surface area contributed by atoms with Gasteiger partial charge in [0.15, 0.2) is 0 Å². The predicted molar refractivity (Wildman–Crippen MR) is 94.1 cm³/mol. The zero-order valence-corrected chi connectivity index (χ0v) is 14.7. The van der Waals surface area contributed by atoms with E-state index in [1.165, 1.54) is 12.3 Å². The van der Waals surface area contributed by atoms with Crippen LogP contribution in [0.1, 0.15) is 24.5 Å². The van der Waals surface area contributed by atoms with Gasteiger partial charge in [-0.3, -0.25) is 15.0 Å². The van der Waals surface area contributed by atoms with Crippen LogP contribution in [-0.4, -0.2) is 46.4 Å². The Morgan fingerprint density at radius 1 is 1.42 bits per heavy atom. The van der Waals surface area contributed by atoms with Crippen LogP contribution in [0.5, 0.6) is 0 Å². The van der Waals surface area contributed by atoms with Crippen molar-refractivity contribution >= 4 is 23.3 Å². The first-order valence-corrected chi connectivity index (χ1v) is 8.67. The monoisotopic (exact) mass is 351 g/mol. The quantitative estimate of drug-likeness (QED) is 0.418. The maximum atomic E-state index is 10.9. The molecule has 24 heavy (non-hydrogen) atoms. The third kappa shape index (κ3) is 4.93. The van der Waals surface area contributed by atoms with Crippen LogP contribution in [0.2, 0.25) is 0 Å². The molecule has 0 spiro atoms. The average molecular weight is 351 g/mol. The highest BCUT2D eigenvalue weighted by molar-refractivity contribution is 7.98. The molecule has 0 aliphatic heterocycles. The minimum atomic E-state index is -0.472. The van der Waals surface area contributed by atoms with E-state index in [1.54, 1.807) is 11.8 Å². The van der Waals surface area contributed by atoms with Crippen molar-refractivity contribution in [2.24, 2.45) is 0 Å². The van der Waals surface area contributed by atoms with Gasteiger partial charge in [-0.1, -0.05) is 0 Å². The number of nitrogens with zero attached hydrogens (tertiary/aromatic N) is 4. The summed E-state index contributed by atoms with van der Waals surface area (Å²) in [6.45, 7) is 2.65. The zero-order chi connectivity index (χ0) is 17.5. The van der Waals surface area contributed by atoms with Gasteiger partial charge in [-0.2, -0.15) is 16.9 Å². The van der Waals surface area contributed by atoms with Crippen molar-refractivity contribution < 1.29 is 9.34 Å². The first kappa shape index (κ1) is 18.2. The Morgan fingerprint density at radius 3 is 2.92 bits per heavy atom. The van der Waals surface area contributed by atoms with Crippen LogP contribution in [0.25, 0.3) is 0 Å². The number of thioether (sulfide) groups is 1. The van der Waals surface area contributed by atoms with Gasteiger partial charge in [-0.25, -0.2) is 0 Å². The SMILES string of the molecule is CC(c1ccc(CSCCNc2nnccc2[N+](=O)[O-])o1)N(C)C. The molecule has 0 fully saturated rings. The van der Waals surface area contributed by atoms with Crippen LogP contribution in [0.3, 0.4) is 0 Å². The lowest BCUT2D eigenvalue weighted by Gasteiger charge is -2.16. The molecule has 0 aromatic carbocycles. The predicted octanol–water partition coefficient (Wildman–Crippen LogP) is 2.95. The van der Waals surface area contributed by atoms with Crippen molar-refractivity contribution in [2.45, 2.75) is 18.7 Å². The maximum Gasteiger partial charge on any atom is 0.314 e. The molecular formula is C15H21N5O3S. The number of nitrogens with one attached hydrogen (secondary N) is 1. The summed E-state index contributed by atoms with van der Waals surface area (Å²) in [5, 5.41) is 21.2. The Morgan fingerprint density at radius 2 is 2.21 bits per heavy atom. The topological polar surface area (TPSA) is 97.3 Å². The summed E-state index contributed by atoms with van der Waals surface area (Å²) >= 11 is 1.69. The molecule has 1 N–H and O–H groups in total. The fourth-order valence-corrected chi connectivity index (χ4v) is 2.71. The highest BCUT2D eigenvalue weighted by atomic mass is 32.2. The lowest BCUT2D eigenvalue weighted by Crippen LogP contribution is -2.15. The van der Waals surface area contributed by atoms with Gasteiger partial charge in [-0.05, 0) is 33.2 Å². The molecule has 0 amide bonds. The molecule has 0 radical (unpaired) electrons. The number of nitro groups is 1. The standard InChI is InChI=1S/C15H21N5O3S/c1-11(19(2)3)14-5-4-12(23-14)10-24-9-8-16-15-13(20(21)22)6-7-17-18-15/h4-7,11H,8-10H2,1-3H3,(H,16,18). The normalized spacial score (nSPS) is 12.3. The van der Waals surface area contributed by atoms with E-state index in [0.29, 0.717) is 6.54 Å². The van der Waals surface area contributed by atoms with E-state index < -0.39 is 4.92 Å². The largest absolute Gasteiger partial charge is 0.464 e. The Hall–Kier alpha value is -2.13. The highest BCUT2D eigenvalue weighted by Gasteiger charge is 2.14. The summed E-state index contributed by atoms with van der Waals surface area (Å²) in [7, 11) is 4.03. The van der Waals surface area contributed by atoms with E-state index in [4.69, 9.17) is 4.42 Å². The Balaban J connectivity index is 1.75. The van der Waals surface area contributed by atoms with Crippen LogP contribution >= 0.6 is 11.8 Å². The van der Waals surface area contributed by atoms with Gasteiger partial charge >= 0.3 is 5.69 Å². The van der Waals surface area contributed by atoms with Crippen LogP contribution in [0.15, 0.2) is 28.8 Å². The molecule has 2 aromatic rings. The van der Waals surface area contributed by atoms with Gasteiger partial charge in [0.1, 0.15) is 11.5 Å². The number of furan rings is 1. The minimum absolute atomic E-state index is 0.0663. The molecule has 0 bridgehead atoms. The summed E-state index contributed by atoms with van der Waals surface area (Å²) in [5.41, 5.74) is -0.0663. The van der Waals surface area contributed by atoms with E-state index in [-0.39, 0.29) is 17.5 Å². The number of aromatic nitrogens is 2. The smallest absolute Gasteiger partial charge is 0.314 e. The molecule has 0 aliphatic rings. The van der Waals surface area contributed by atoms with E-state index in [1.807, 2.05) is 26.2 Å². The van der Waals surface area contributed by atoms with Crippen LogP contribution in [0, 0.1) is 10.1 Å². The third-order valence-corrected chi connectivity index (χ3v) is 4.53. The number of hydrogen-bond donors (Lipinski definition) is 1. The third-order valence-electron chi connectivity index (χ3n) is 3.55. The van der Waals surface area contributed by atoms with Crippen molar-refractivity contribution in [1.82, 2.24) is 15.1 Å². The van der Waals surface area contributed by atoms with Crippen molar-refractivity contribution in [2.75, 3.05) is 31.7 Å². The molecule has 1 atom stereocenters. The Kier molecular flexibility index (Phi) is 6.56. The average Bonchev–Trinajstić information content (AvgIpc) is 3.02. The van der Waals surface area contributed by atoms with Gasteiger partial charge in [-0.15, -0.1) is 5.10 Å². The van der Waals surface area contributed by atoms with Gasteiger partial charge in [0.2, 0.25) is 5.82 Å². The van der Waals surface area contributed by atoms with Crippen LogP contribution in [-0.2, 0) is 5.75 Å². The maximum absolute atomic E-state index is 10.9. The summed E-state index contributed by atoms with van der Waals surface area (Å²) in [6, 6.07) is 5.56. The lowest BCUT2D eigenvalue weighted by molar-refractivity contribution is -0.384. The summed E-state index contributed by atoms with van der Waals surface area (Å²) in [4.78, 5) is 12.5. The second-order valence-electron chi connectivity index (χ2n) is 5.45. The molecule has 9 heteroatoms.